The fraction of sp³-hybridized carbons (Fsp3) is 0.200. The lowest BCUT2D eigenvalue weighted by atomic mass is 10.1. The number of likely N-dealkylation sites (N-methyl/N-ethyl adjacent to an activating group) is 1. The number of oxazole rings is 1. The zero-order chi connectivity index (χ0) is 21.8. The number of hydrogen-bond donors (Lipinski definition) is 0. The molecule has 1 aromatic heterocycles. The predicted octanol–water partition coefficient (Wildman–Crippen LogP) is 6.35. The number of nitrogens with zero attached hydrogens (tertiary/aromatic N) is 2. The summed E-state index contributed by atoms with van der Waals surface area (Å²) in [5.74, 6) is 2.01. The largest absolute Gasteiger partial charge is 0.457 e. The fourth-order valence-corrected chi connectivity index (χ4v) is 3.48. The smallest absolute Gasteiger partial charge is 0.227 e. The summed E-state index contributed by atoms with van der Waals surface area (Å²) in [6, 6.07) is 20.5. The van der Waals surface area contributed by atoms with E-state index in [1.54, 1.807) is 12.1 Å². The molecule has 6 heteroatoms. The van der Waals surface area contributed by atoms with E-state index in [1.165, 1.54) is 0 Å². The standard InChI is InChI=1S/C25H23ClN2O3/c1-3-28(4-2)24(29)15-17-5-7-18(8-6-17)25-27-22-14-13-21(16-23(22)31-25)30-20-11-9-19(26)10-12-20/h5-14,16H,3-4,15H2,1-2H3. The zero-order valence-corrected chi connectivity index (χ0v) is 18.2. The second-order valence-corrected chi connectivity index (χ2v) is 7.58. The van der Waals surface area contributed by atoms with Crippen LogP contribution in [-0.2, 0) is 11.2 Å². The lowest BCUT2D eigenvalue weighted by Gasteiger charge is -2.18. The van der Waals surface area contributed by atoms with Gasteiger partial charge in [-0.15, -0.1) is 0 Å². The summed E-state index contributed by atoms with van der Waals surface area (Å²) < 4.78 is 11.8. The second kappa shape index (κ2) is 9.23. The van der Waals surface area contributed by atoms with E-state index in [0.717, 1.165) is 29.7 Å². The minimum atomic E-state index is 0.132. The van der Waals surface area contributed by atoms with Gasteiger partial charge in [-0.1, -0.05) is 23.7 Å². The van der Waals surface area contributed by atoms with Crippen LogP contribution in [0.25, 0.3) is 22.6 Å². The average molecular weight is 435 g/mol. The van der Waals surface area contributed by atoms with Crippen LogP contribution in [-0.4, -0.2) is 28.9 Å². The number of fused-ring (bicyclic) bond motifs is 1. The average Bonchev–Trinajstić information content (AvgIpc) is 3.20. The Labute approximate surface area is 186 Å². The van der Waals surface area contributed by atoms with Crippen molar-refractivity contribution in [2.24, 2.45) is 0 Å². The molecule has 0 unspecified atom stereocenters. The monoisotopic (exact) mass is 434 g/mol. The highest BCUT2D eigenvalue weighted by atomic mass is 35.5. The number of amides is 1. The topological polar surface area (TPSA) is 55.6 Å². The molecule has 0 saturated heterocycles. The molecule has 31 heavy (non-hydrogen) atoms. The van der Waals surface area contributed by atoms with Gasteiger partial charge in [0.2, 0.25) is 11.8 Å². The summed E-state index contributed by atoms with van der Waals surface area (Å²) in [4.78, 5) is 18.7. The third-order valence-corrected chi connectivity index (χ3v) is 5.33. The maximum Gasteiger partial charge on any atom is 0.227 e. The first kappa shape index (κ1) is 20.9. The first-order valence-corrected chi connectivity index (χ1v) is 10.6. The van der Waals surface area contributed by atoms with Crippen LogP contribution < -0.4 is 4.74 Å². The van der Waals surface area contributed by atoms with Crippen molar-refractivity contribution in [1.29, 1.82) is 0 Å². The van der Waals surface area contributed by atoms with Gasteiger partial charge in [0, 0.05) is 29.7 Å². The third kappa shape index (κ3) is 4.89. The molecule has 158 valence electrons. The minimum Gasteiger partial charge on any atom is -0.457 e. The van der Waals surface area contributed by atoms with Crippen LogP contribution in [0.2, 0.25) is 5.02 Å². The van der Waals surface area contributed by atoms with Crippen molar-refractivity contribution in [3.05, 3.63) is 77.3 Å². The van der Waals surface area contributed by atoms with Gasteiger partial charge in [0.1, 0.15) is 17.0 Å². The van der Waals surface area contributed by atoms with Crippen molar-refractivity contribution in [2.45, 2.75) is 20.3 Å². The Hall–Kier alpha value is -3.31. The van der Waals surface area contributed by atoms with E-state index >= 15 is 0 Å². The summed E-state index contributed by atoms with van der Waals surface area (Å²) in [5.41, 5.74) is 3.22. The highest BCUT2D eigenvalue weighted by Gasteiger charge is 2.12. The summed E-state index contributed by atoms with van der Waals surface area (Å²) >= 11 is 5.92. The van der Waals surface area contributed by atoms with Crippen LogP contribution in [0.4, 0.5) is 0 Å². The lowest BCUT2D eigenvalue weighted by Crippen LogP contribution is -2.31. The molecule has 4 aromatic rings. The normalized spacial score (nSPS) is 10.9. The van der Waals surface area contributed by atoms with Gasteiger partial charge in [-0.25, -0.2) is 4.98 Å². The quantitative estimate of drug-likeness (QED) is 0.340. The van der Waals surface area contributed by atoms with Gasteiger partial charge in [-0.2, -0.15) is 0 Å². The van der Waals surface area contributed by atoms with E-state index in [1.807, 2.05) is 73.3 Å². The number of halogens is 1. The first-order valence-electron chi connectivity index (χ1n) is 10.3. The molecule has 3 aromatic carbocycles. The van der Waals surface area contributed by atoms with Crippen molar-refractivity contribution < 1.29 is 13.9 Å². The van der Waals surface area contributed by atoms with E-state index in [-0.39, 0.29) is 5.91 Å². The summed E-state index contributed by atoms with van der Waals surface area (Å²) in [6.07, 6.45) is 0.390. The van der Waals surface area contributed by atoms with Gasteiger partial charge in [0.25, 0.3) is 0 Å². The molecular weight excluding hydrogens is 412 g/mol. The Balaban J connectivity index is 1.50. The Kier molecular flexibility index (Phi) is 6.23. The molecule has 0 aliphatic heterocycles. The van der Waals surface area contributed by atoms with Crippen molar-refractivity contribution in [2.75, 3.05) is 13.1 Å². The van der Waals surface area contributed by atoms with Crippen LogP contribution in [0.5, 0.6) is 11.5 Å². The molecule has 0 bridgehead atoms. The first-order chi connectivity index (χ1) is 15.1. The molecule has 0 aliphatic carbocycles. The van der Waals surface area contributed by atoms with Crippen LogP contribution in [0.3, 0.4) is 0 Å². The number of aromatic nitrogens is 1. The van der Waals surface area contributed by atoms with Crippen LogP contribution in [0.15, 0.2) is 71.1 Å². The molecule has 4 rings (SSSR count). The predicted molar refractivity (Wildman–Crippen MR) is 123 cm³/mol. The molecule has 0 saturated carbocycles. The molecule has 1 amide bonds. The molecule has 0 radical (unpaired) electrons. The zero-order valence-electron chi connectivity index (χ0n) is 17.5. The highest BCUT2D eigenvalue weighted by Crippen LogP contribution is 2.30. The van der Waals surface area contributed by atoms with Gasteiger partial charge >= 0.3 is 0 Å². The Morgan fingerprint density at radius 1 is 0.968 bits per heavy atom. The fourth-order valence-electron chi connectivity index (χ4n) is 3.36. The molecule has 0 aliphatic rings. The molecular formula is C25H23ClN2O3. The highest BCUT2D eigenvalue weighted by molar-refractivity contribution is 6.30. The lowest BCUT2D eigenvalue weighted by molar-refractivity contribution is -0.130. The van der Waals surface area contributed by atoms with Gasteiger partial charge in [-0.3, -0.25) is 4.79 Å². The van der Waals surface area contributed by atoms with Gasteiger partial charge in [0.15, 0.2) is 5.58 Å². The molecule has 0 atom stereocenters. The van der Waals surface area contributed by atoms with Crippen molar-refractivity contribution >= 4 is 28.6 Å². The van der Waals surface area contributed by atoms with Crippen LogP contribution in [0.1, 0.15) is 19.4 Å². The maximum absolute atomic E-state index is 12.3. The summed E-state index contributed by atoms with van der Waals surface area (Å²) in [7, 11) is 0. The molecule has 0 fully saturated rings. The van der Waals surface area contributed by atoms with E-state index in [0.29, 0.717) is 34.4 Å². The molecule has 1 heterocycles. The van der Waals surface area contributed by atoms with E-state index in [4.69, 9.17) is 20.8 Å². The van der Waals surface area contributed by atoms with Gasteiger partial charge < -0.3 is 14.1 Å². The number of carbonyl (C=O) groups is 1. The number of carbonyl (C=O) groups excluding carboxylic acids is 1. The Morgan fingerprint density at radius 3 is 2.32 bits per heavy atom. The second-order valence-electron chi connectivity index (χ2n) is 7.14. The summed E-state index contributed by atoms with van der Waals surface area (Å²) in [5, 5.41) is 0.658. The Bertz CT molecular complexity index is 1180. The van der Waals surface area contributed by atoms with Crippen LogP contribution >= 0.6 is 11.6 Å². The summed E-state index contributed by atoms with van der Waals surface area (Å²) in [6.45, 7) is 5.42. The molecule has 0 N–H and O–H groups in total. The molecule has 0 spiro atoms. The van der Waals surface area contributed by atoms with Crippen molar-refractivity contribution in [1.82, 2.24) is 9.88 Å². The van der Waals surface area contributed by atoms with E-state index in [9.17, 15) is 4.79 Å². The minimum absolute atomic E-state index is 0.132. The number of ether oxygens (including phenoxy) is 1. The third-order valence-electron chi connectivity index (χ3n) is 5.08. The van der Waals surface area contributed by atoms with Gasteiger partial charge in [-0.05, 0) is 67.9 Å². The van der Waals surface area contributed by atoms with Crippen LogP contribution in [0, 0.1) is 0 Å². The van der Waals surface area contributed by atoms with Gasteiger partial charge in [0.05, 0.1) is 6.42 Å². The number of rotatable bonds is 7. The SMILES string of the molecule is CCN(CC)C(=O)Cc1ccc(-c2nc3ccc(Oc4ccc(Cl)cc4)cc3o2)cc1. The maximum atomic E-state index is 12.3. The van der Waals surface area contributed by atoms with Crippen molar-refractivity contribution in [3.8, 4) is 23.0 Å². The number of hydrogen-bond acceptors (Lipinski definition) is 4. The van der Waals surface area contributed by atoms with E-state index in [2.05, 4.69) is 4.98 Å². The Morgan fingerprint density at radius 2 is 1.65 bits per heavy atom. The molecule has 5 nitrogen and oxygen atoms in total. The van der Waals surface area contributed by atoms with E-state index < -0.39 is 0 Å². The van der Waals surface area contributed by atoms with Crippen molar-refractivity contribution in [3.63, 3.8) is 0 Å². The number of benzene rings is 3.